The molecule has 0 aromatic heterocycles. The van der Waals surface area contributed by atoms with Crippen molar-refractivity contribution in [1.82, 2.24) is 4.90 Å². The smallest absolute Gasteiger partial charge is 0.308 e. The number of aliphatic carboxylic acids is 1. The summed E-state index contributed by atoms with van der Waals surface area (Å²) in [6, 6.07) is 0. The summed E-state index contributed by atoms with van der Waals surface area (Å²) < 4.78 is 0. The minimum atomic E-state index is -0.724. The summed E-state index contributed by atoms with van der Waals surface area (Å²) >= 11 is 0. The number of likely N-dealkylation sites (tertiary alicyclic amines) is 1. The van der Waals surface area contributed by atoms with E-state index in [9.17, 15) is 9.59 Å². The largest absolute Gasteiger partial charge is 0.481 e. The highest BCUT2D eigenvalue weighted by molar-refractivity contribution is 5.83. The SMILES string of the molecule is O=C(O)C1CN(C(=O)C2CC2)CC12CC2. The minimum absolute atomic E-state index is 0.0453. The minimum Gasteiger partial charge on any atom is -0.481 e. The van der Waals surface area contributed by atoms with E-state index in [-0.39, 0.29) is 23.2 Å². The lowest BCUT2D eigenvalue weighted by molar-refractivity contribution is -0.143. The second-order valence-corrected chi connectivity index (χ2v) is 5.25. The zero-order chi connectivity index (χ0) is 10.6. The number of carboxylic acid groups (broad SMARTS) is 1. The summed E-state index contributed by atoms with van der Waals surface area (Å²) in [5, 5.41) is 9.10. The highest BCUT2D eigenvalue weighted by atomic mass is 16.4. The Kier molecular flexibility index (Phi) is 1.68. The molecule has 4 nitrogen and oxygen atoms in total. The van der Waals surface area contributed by atoms with E-state index in [1.165, 1.54) is 0 Å². The predicted octanol–water partition coefficient (Wildman–Crippen LogP) is 0.720. The molecule has 1 heterocycles. The molecule has 1 spiro atoms. The van der Waals surface area contributed by atoms with Crippen LogP contribution in [0.15, 0.2) is 0 Å². The van der Waals surface area contributed by atoms with Crippen LogP contribution in [-0.4, -0.2) is 35.0 Å². The van der Waals surface area contributed by atoms with Crippen LogP contribution < -0.4 is 0 Å². The number of rotatable bonds is 2. The van der Waals surface area contributed by atoms with Gasteiger partial charge in [-0.15, -0.1) is 0 Å². The molecule has 0 aromatic rings. The fourth-order valence-corrected chi connectivity index (χ4v) is 2.73. The van der Waals surface area contributed by atoms with Crippen molar-refractivity contribution in [3.8, 4) is 0 Å². The summed E-state index contributed by atoms with van der Waals surface area (Å²) in [5.41, 5.74) is -0.0453. The van der Waals surface area contributed by atoms with Gasteiger partial charge in [-0.25, -0.2) is 0 Å². The van der Waals surface area contributed by atoms with Gasteiger partial charge in [-0.2, -0.15) is 0 Å². The Bertz CT molecular complexity index is 331. The predicted molar refractivity (Wildman–Crippen MR) is 52.1 cm³/mol. The molecule has 1 amide bonds. The van der Waals surface area contributed by atoms with Crippen molar-refractivity contribution in [1.29, 1.82) is 0 Å². The first-order chi connectivity index (χ1) is 7.12. The number of carbonyl (C=O) groups excluding carboxylic acids is 1. The first-order valence-corrected chi connectivity index (χ1v) is 5.64. The zero-order valence-electron chi connectivity index (χ0n) is 8.61. The molecular formula is C11H15NO3. The quantitative estimate of drug-likeness (QED) is 0.729. The third kappa shape index (κ3) is 1.34. The van der Waals surface area contributed by atoms with Crippen LogP contribution in [0.4, 0.5) is 0 Å². The van der Waals surface area contributed by atoms with E-state index in [1.54, 1.807) is 4.90 Å². The Morgan fingerprint density at radius 2 is 1.93 bits per heavy atom. The summed E-state index contributed by atoms with van der Waals surface area (Å²) in [7, 11) is 0. The van der Waals surface area contributed by atoms with E-state index in [1.807, 2.05) is 0 Å². The Hall–Kier alpha value is -1.06. The standard InChI is InChI=1S/C11H15NO3/c13-9(7-1-2-7)12-5-8(10(14)15)11(6-12)3-4-11/h7-8H,1-6H2,(H,14,15). The van der Waals surface area contributed by atoms with E-state index in [0.29, 0.717) is 13.1 Å². The van der Waals surface area contributed by atoms with Crippen molar-refractivity contribution in [2.45, 2.75) is 25.7 Å². The van der Waals surface area contributed by atoms with Crippen molar-refractivity contribution < 1.29 is 14.7 Å². The van der Waals surface area contributed by atoms with Gasteiger partial charge in [-0.3, -0.25) is 9.59 Å². The molecule has 1 atom stereocenters. The van der Waals surface area contributed by atoms with Gasteiger partial charge in [0.05, 0.1) is 5.92 Å². The summed E-state index contributed by atoms with van der Waals surface area (Å²) in [4.78, 5) is 24.7. The molecule has 1 N–H and O–H groups in total. The van der Waals surface area contributed by atoms with Crippen molar-refractivity contribution in [3.05, 3.63) is 0 Å². The summed E-state index contributed by atoms with van der Waals surface area (Å²) in [6.07, 6.45) is 3.97. The molecule has 0 bridgehead atoms. The molecule has 3 fully saturated rings. The third-order valence-corrected chi connectivity index (χ3v) is 4.08. The van der Waals surface area contributed by atoms with Crippen LogP contribution in [0, 0.1) is 17.3 Å². The van der Waals surface area contributed by atoms with Crippen LogP contribution >= 0.6 is 0 Å². The van der Waals surface area contributed by atoms with Crippen LogP contribution in [0.5, 0.6) is 0 Å². The average molecular weight is 209 g/mol. The van der Waals surface area contributed by atoms with Gasteiger partial charge in [0.1, 0.15) is 0 Å². The van der Waals surface area contributed by atoms with Gasteiger partial charge in [-0.05, 0) is 25.7 Å². The van der Waals surface area contributed by atoms with Crippen LogP contribution in [0.1, 0.15) is 25.7 Å². The molecule has 3 rings (SSSR count). The number of amides is 1. The van der Waals surface area contributed by atoms with Gasteiger partial charge in [0.15, 0.2) is 0 Å². The maximum Gasteiger partial charge on any atom is 0.308 e. The fraction of sp³-hybridized carbons (Fsp3) is 0.818. The van der Waals surface area contributed by atoms with Gasteiger partial charge < -0.3 is 10.0 Å². The highest BCUT2D eigenvalue weighted by Gasteiger charge is 2.59. The van der Waals surface area contributed by atoms with E-state index in [0.717, 1.165) is 25.7 Å². The summed E-state index contributed by atoms with van der Waals surface area (Å²) in [6.45, 7) is 1.14. The highest BCUT2D eigenvalue weighted by Crippen LogP contribution is 2.56. The number of hydrogen-bond acceptors (Lipinski definition) is 2. The van der Waals surface area contributed by atoms with Gasteiger partial charge >= 0.3 is 5.97 Å². The van der Waals surface area contributed by atoms with Gasteiger partial charge in [0.2, 0.25) is 5.91 Å². The lowest BCUT2D eigenvalue weighted by atomic mass is 9.93. The van der Waals surface area contributed by atoms with E-state index >= 15 is 0 Å². The fourth-order valence-electron chi connectivity index (χ4n) is 2.73. The van der Waals surface area contributed by atoms with Crippen molar-refractivity contribution in [3.63, 3.8) is 0 Å². The molecule has 0 radical (unpaired) electrons. The molecule has 15 heavy (non-hydrogen) atoms. The van der Waals surface area contributed by atoms with Crippen LogP contribution in [-0.2, 0) is 9.59 Å². The Morgan fingerprint density at radius 1 is 1.27 bits per heavy atom. The maximum absolute atomic E-state index is 11.8. The molecular weight excluding hydrogens is 194 g/mol. The monoisotopic (exact) mass is 209 g/mol. The number of carbonyl (C=O) groups is 2. The molecule has 1 unspecified atom stereocenters. The summed E-state index contributed by atoms with van der Waals surface area (Å²) in [5.74, 6) is -0.614. The Labute approximate surface area is 88.2 Å². The second-order valence-electron chi connectivity index (χ2n) is 5.25. The normalized spacial score (nSPS) is 32.0. The van der Waals surface area contributed by atoms with Gasteiger partial charge in [-0.1, -0.05) is 0 Å². The Balaban J connectivity index is 1.74. The number of hydrogen-bond donors (Lipinski definition) is 1. The molecule has 2 aliphatic carbocycles. The molecule has 3 aliphatic rings. The Morgan fingerprint density at radius 3 is 2.33 bits per heavy atom. The molecule has 82 valence electrons. The van der Waals surface area contributed by atoms with Crippen LogP contribution in [0.2, 0.25) is 0 Å². The lowest BCUT2D eigenvalue weighted by Crippen LogP contribution is -2.31. The van der Waals surface area contributed by atoms with Gasteiger partial charge in [0, 0.05) is 24.4 Å². The number of nitrogens with zero attached hydrogens (tertiary/aromatic N) is 1. The zero-order valence-corrected chi connectivity index (χ0v) is 8.61. The molecule has 2 saturated carbocycles. The third-order valence-electron chi connectivity index (χ3n) is 4.08. The van der Waals surface area contributed by atoms with E-state index in [4.69, 9.17) is 5.11 Å². The maximum atomic E-state index is 11.8. The average Bonchev–Trinajstić information content (AvgIpc) is 3.01. The van der Waals surface area contributed by atoms with Crippen LogP contribution in [0.3, 0.4) is 0 Å². The van der Waals surface area contributed by atoms with Crippen LogP contribution in [0.25, 0.3) is 0 Å². The topological polar surface area (TPSA) is 57.6 Å². The molecule has 0 aromatic carbocycles. The lowest BCUT2D eigenvalue weighted by Gasteiger charge is -2.15. The molecule has 4 heteroatoms. The van der Waals surface area contributed by atoms with Crippen molar-refractivity contribution in [2.24, 2.45) is 17.3 Å². The van der Waals surface area contributed by atoms with E-state index in [2.05, 4.69) is 0 Å². The number of carboxylic acids is 1. The molecule has 1 saturated heterocycles. The molecule has 1 aliphatic heterocycles. The van der Waals surface area contributed by atoms with E-state index < -0.39 is 5.97 Å². The first kappa shape index (κ1) is 9.19. The second kappa shape index (κ2) is 2.74. The van der Waals surface area contributed by atoms with Crippen molar-refractivity contribution >= 4 is 11.9 Å². The first-order valence-electron chi connectivity index (χ1n) is 5.64. The van der Waals surface area contributed by atoms with Crippen molar-refractivity contribution in [2.75, 3.05) is 13.1 Å². The van der Waals surface area contributed by atoms with Gasteiger partial charge in [0.25, 0.3) is 0 Å².